The summed E-state index contributed by atoms with van der Waals surface area (Å²) in [6, 6.07) is 7.28. The van der Waals surface area contributed by atoms with Crippen molar-refractivity contribution in [2.45, 2.75) is 57.8 Å². The molecule has 0 bridgehead atoms. The van der Waals surface area contributed by atoms with Crippen molar-refractivity contribution in [1.82, 2.24) is 4.90 Å². The maximum atomic E-state index is 11.1. The Hall–Kier alpha value is -1.39. The molecule has 2 heterocycles. The Bertz CT molecular complexity index is 598. The van der Waals surface area contributed by atoms with Gasteiger partial charge in [0.15, 0.2) is 0 Å². The normalized spacial score (nSPS) is 30.7. The average Bonchev–Trinajstić information content (AvgIpc) is 2.47. The lowest BCUT2D eigenvalue weighted by atomic mass is 9.74. The topological polar surface area (TPSA) is 49.8 Å². The van der Waals surface area contributed by atoms with Crippen molar-refractivity contribution in [3.8, 4) is 0 Å². The second-order valence-corrected chi connectivity index (χ2v) is 7.90. The first-order chi connectivity index (χ1) is 10.8. The first kappa shape index (κ1) is 16.5. The number of carbonyl (C=O) groups is 1. The quantitative estimate of drug-likeness (QED) is 0.926. The molecule has 0 aromatic heterocycles. The Morgan fingerprint density at radius 3 is 2.87 bits per heavy atom. The van der Waals surface area contributed by atoms with Gasteiger partial charge in [0.25, 0.3) is 0 Å². The minimum atomic E-state index is -0.860. The lowest BCUT2D eigenvalue weighted by Crippen LogP contribution is -2.57. The van der Waals surface area contributed by atoms with E-state index in [1.807, 2.05) is 12.1 Å². The number of fused-ring (bicyclic) bond motifs is 1. The molecule has 1 aromatic carbocycles. The van der Waals surface area contributed by atoms with E-state index in [9.17, 15) is 4.79 Å². The Morgan fingerprint density at radius 2 is 2.13 bits per heavy atom. The summed E-state index contributed by atoms with van der Waals surface area (Å²) in [5, 5.41) is 9.12. The molecule has 1 aromatic rings. The molecule has 0 unspecified atom stereocenters. The van der Waals surface area contributed by atoms with Gasteiger partial charge >= 0.3 is 5.97 Å². The smallest absolute Gasteiger partial charge is 0.335 e. The minimum absolute atomic E-state index is 0.0107. The zero-order valence-corrected chi connectivity index (χ0v) is 14.3. The number of hydrogen-bond acceptors (Lipinski definition) is 3. The fourth-order valence-corrected chi connectivity index (χ4v) is 4.12. The standard InChI is InChI=1S/C19H27NO3/c1-18(2)8-7-16-13-20(10-9-19(16,3)23-18)12-14-5-4-6-15(11-14)17(21)22/h4-6,11,16H,7-10,12-13H2,1-3H3,(H,21,22)/t16-,19+/m0/s1. The van der Waals surface area contributed by atoms with Crippen LogP contribution in [-0.4, -0.2) is 40.3 Å². The molecule has 23 heavy (non-hydrogen) atoms. The third-order valence-corrected chi connectivity index (χ3v) is 5.45. The molecular formula is C19H27NO3. The van der Waals surface area contributed by atoms with Crippen molar-refractivity contribution in [3.05, 3.63) is 35.4 Å². The van der Waals surface area contributed by atoms with Crippen LogP contribution in [0.1, 0.15) is 56.0 Å². The maximum absolute atomic E-state index is 11.1. The predicted octanol–water partition coefficient (Wildman–Crippen LogP) is 3.55. The summed E-state index contributed by atoms with van der Waals surface area (Å²) in [4.78, 5) is 13.5. The van der Waals surface area contributed by atoms with E-state index in [0.29, 0.717) is 11.5 Å². The van der Waals surface area contributed by atoms with E-state index in [-0.39, 0.29) is 11.2 Å². The molecule has 0 aliphatic carbocycles. The summed E-state index contributed by atoms with van der Waals surface area (Å²) in [5.74, 6) is -0.298. The molecule has 4 nitrogen and oxygen atoms in total. The Morgan fingerprint density at radius 1 is 1.35 bits per heavy atom. The number of benzene rings is 1. The van der Waals surface area contributed by atoms with Gasteiger partial charge in [0.2, 0.25) is 0 Å². The summed E-state index contributed by atoms with van der Waals surface area (Å²) >= 11 is 0. The van der Waals surface area contributed by atoms with Crippen LogP contribution in [0.4, 0.5) is 0 Å². The second kappa shape index (κ2) is 5.91. The first-order valence-electron chi connectivity index (χ1n) is 8.52. The molecule has 2 saturated heterocycles. The Balaban J connectivity index is 1.66. The number of piperidine rings is 1. The van der Waals surface area contributed by atoms with Gasteiger partial charge in [-0.05, 0) is 57.7 Å². The van der Waals surface area contributed by atoms with Gasteiger partial charge in [-0.25, -0.2) is 4.79 Å². The molecular weight excluding hydrogens is 290 g/mol. The fraction of sp³-hybridized carbons (Fsp3) is 0.632. The minimum Gasteiger partial charge on any atom is -0.478 e. The second-order valence-electron chi connectivity index (χ2n) is 7.90. The molecule has 0 saturated carbocycles. The highest BCUT2D eigenvalue weighted by atomic mass is 16.5. The number of aromatic carboxylic acids is 1. The number of nitrogens with zero attached hydrogens (tertiary/aromatic N) is 1. The van der Waals surface area contributed by atoms with Gasteiger partial charge in [-0.15, -0.1) is 0 Å². The van der Waals surface area contributed by atoms with Crippen LogP contribution >= 0.6 is 0 Å². The molecule has 4 heteroatoms. The van der Waals surface area contributed by atoms with Crippen LogP contribution in [0.15, 0.2) is 24.3 Å². The van der Waals surface area contributed by atoms with E-state index in [2.05, 4.69) is 25.7 Å². The summed E-state index contributed by atoms with van der Waals surface area (Å²) < 4.78 is 6.41. The van der Waals surface area contributed by atoms with Gasteiger partial charge in [0.1, 0.15) is 0 Å². The van der Waals surface area contributed by atoms with E-state index in [4.69, 9.17) is 9.84 Å². The summed E-state index contributed by atoms with van der Waals surface area (Å²) in [7, 11) is 0. The molecule has 2 aliphatic rings. The Kier molecular flexibility index (Phi) is 4.23. The number of likely N-dealkylation sites (tertiary alicyclic amines) is 1. The maximum Gasteiger partial charge on any atom is 0.335 e. The van der Waals surface area contributed by atoms with Crippen LogP contribution in [0, 0.1) is 5.92 Å². The summed E-state index contributed by atoms with van der Waals surface area (Å²) in [5.41, 5.74) is 1.42. The van der Waals surface area contributed by atoms with Crippen molar-refractivity contribution in [2.75, 3.05) is 13.1 Å². The van der Waals surface area contributed by atoms with Crippen molar-refractivity contribution < 1.29 is 14.6 Å². The van der Waals surface area contributed by atoms with E-state index < -0.39 is 5.97 Å². The highest BCUT2D eigenvalue weighted by molar-refractivity contribution is 5.87. The highest BCUT2D eigenvalue weighted by Gasteiger charge is 2.47. The van der Waals surface area contributed by atoms with Crippen molar-refractivity contribution in [1.29, 1.82) is 0 Å². The van der Waals surface area contributed by atoms with Crippen molar-refractivity contribution in [3.63, 3.8) is 0 Å². The third-order valence-electron chi connectivity index (χ3n) is 5.45. The lowest BCUT2D eigenvalue weighted by Gasteiger charge is -2.53. The molecule has 2 aliphatic heterocycles. The molecule has 3 rings (SSSR count). The van der Waals surface area contributed by atoms with E-state index in [1.54, 1.807) is 12.1 Å². The number of carboxylic acids is 1. The van der Waals surface area contributed by atoms with Gasteiger partial charge < -0.3 is 9.84 Å². The zero-order valence-electron chi connectivity index (χ0n) is 14.3. The van der Waals surface area contributed by atoms with Crippen LogP contribution in [0.5, 0.6) is 0 Å². The fourth-order valence-electron chi connectivity index (χ4n) is 4.12. The van der Waals surface area contributed by atoms with Crippen molar-refractivity contribution in [2.24, 2.45) is 5.92 Å². The largest absolute Gasteiger partial charge is 0.478 e. The molecule has 0 amide bonds. The van der Waals surface area contributed by atoms with Crippen LogP contribution in [-0.2, 0) is 11.3 Å². The average molecular weight is 317 g/mol. The molecule has 126 valence electrons. The highest BCUT2D eigenvalue weighted by Crippen LogP contribution is 2.44. The SMILES string of the molecule is CC1(C)CC[C@H]2CN(Cc3cccc(C(=O)O)c3)CC[C@@]2(C)O1. The van der Waals surface area contributed by atoms with Gasteiger partial charge in [0.05, 0.1) is 16.8 Å². The molecule has 1 N–H and O–H groups in total. The van der Waals surface area contributed by atoms with Crippen LogP contribution in [0.25, 0.3) is 0 Å². The first-order valence-corrected chi connectivity index (χ1v) is 8.52. The number of rotatable bonds is 3. The van der Waals surface area contributed by atoms with E-state index in [1.165, 1.54) is 6.42 Å². The van der Waals surface area contributed by atoms with E-state index >= 15 is 0 Å². The zero-order chi connectivity index (χ0) is 16.7. The molecule has 2 atom stereocenters. The Labute approximate surface area is 138 Å². The van der Waals surface area contributed by atoms with E-state index in [0.717, 1.165) is 38.0 Å². The van der Waals surface area contributed by atoms with Crippen LogP contribution in [0.2, 0.25) is 0 Å². The van der Waals surface area contributed by atoms with Crippen molar-refractivity contribution >= 4 is 5.97 Å². The predicted molar refractivity (Wildman–Crippen MR) is 89.6 cm³/mol. The van der Waals surface area contributed by atoms with Crippen LogP contribution < -0.4 is 0 Å². The summed E-state index contributed by atoms with van der Waals surface area (Å²) in [6.07, 6.45) is 3.35. The van der Waals surface area contributed by atoms with Crippen LogP contribution in [0.3, 0.4) is 0 Å². The molecule has 2 fully saturated rings. The third kappa shape index (κ3) is 3.59. The number of carboxylic acid groups (broad SMARTS) is 1. The monoisotopic (exact) mass is 317 g/mol. The van der Waals surface area contributed by atoms with Gasteiger partial charge in [-0.1, -0.05) is 12.1 Å². The molecule has 0 spiro atoms. The molecule has 0 radical (unpaired) electrons. The number of ether oxygens (including phenoxy) is 1. The van der Waals surface area contributed by atoms with Gasteiger partial charge in [0, 0.05) is 25.6 Å². The van der Waals surface area contributed by atoms with Gasteiger partial charge in [-0.3, -0.25) is 4.90 Å². The van der Waals surface area contributed by atoms with Gasteiger partial charge in [-0.2, -0.15) is 0 Å². The lowest BCUT2D eigenvalue weighted by molar-refractivity contribution is -0.214. The number of hydrogen-bond donors (Lipinski definition) is 1. The summed E-state index contributed by atoms with van der Waals surface area (Å²) in [6.45, 7) is 9.50.